The van der Waals surface area contributed by atoms with Gasteiger partial charge in [-0.2, -0.15) is 0 Å². The van der Waals surface area contributed by atoms with Crippen molar-refractivity contribution in [1.82, 2.24) is 4.90 Å². The molecule has 0 saturated heterocycles. The normalized spacial score (nSPS) is 11.8. The monoisotopic (exact) mass is 475 g/mol. The van der Waals surface area contributed by atoms with Gasteiger partial charge in [-0.3, -0.25) is 4.90 Å². The van der Waals surface area contributed by atoms with Crippen LogP contribution in [0.25, 0.3) is 0 Å². The van der Waals surface area contributed by atoms with Crippen molar-refractivity contribution in [3.05, 3.63) is 42.5 Å². The Bertz CT molecular complexity index is 689. The largest absolute Gasteiger partial charge is 0.494 e. The van der Waals surface area contributed by atoms with E-state index in [0.717, 1.165) is 63.4 Å². The highest BCUT2D eigenvalue weighted by Crippen LogP contribution is 2.14. The van der Waals surface area contributed by atoms with E-state index in [9.17, 15) is 9.59 Å². The first kappa shape index (κ1) is 29.7. The molecule has 1 aromatic carbocycles. The van der Waals surface area contributed by atoms with Gasteiger partial charge in [-0.15, -0.1) is 0 Å². The summed E-state index contributed by atoms with van der Waals surface area (Å²) in [5, 5.41) is 0. The second-order valence-electron chi connectivity index (χ2n) is 8.82. The fraction of sp³-hybridized carbons (Fsp3) is 0.643. The predicted molar refractivity (Wildman–Crippen MR) is 137 cm³/mol. The third kappa shape index (κ3) is 14.0. The SMILES string of the molecule is C=CC(=O)OCCCCCCOc1ccc(C(=O)OCCN(CCC)CCC(C)CCC)cc1. The lowest BCUT2D eigenvalue weighted by atomic mass is 10.0. The van der Waals surface area contributed by atoms with Gasteiger partial charge in [-0.05, 0) is 81.8 Å². The molecule has 1 rings (SSSR count). The molecule has 0 N–H and O–H groups in total. The number of hydrogen-bond acceptors (Lipinski definition) is 6. The molecule has 192 valence electrons. The van der Waals surface area contributed by atoms with Crippen molar-refractivity contribution < 1.29 is 23.8 Å². The number of unbranched alkanes of at least 4 members (excludes halogenated alkanes) is 3. The van der Waals surface area contributed by atoms with E-state index in [2.05, 4.69) is 32.3 Å². The summed E-state index contributed by atoms with van der Waals surface area (Å²) in [4.78, 5) is 25.7. The summed E-state index contributed by atoms with van der Waals surface area (Å²) in [7, 11) is 0. The van der Waals surface area contributed by atoms with Crippen LogP contribution in [0.5, 0.6) is 5.75 Å². The second kappa shape index (κ2) is 19.0. The Morgan fingerprint density at radius 2 is 1.59 bits per heavy atom. The molecule has 0 bridgehead atoms. The maximum atomic E-state index is 12.4. The van der Waals surface area contributed by atoms with E-state index < -0.39 is 0 Å². The van der Waals surface area contributed by atoms with Crippen molar-refractivity contribution in [2.75, 3.05) is 39.5 Å². The van der Waals surface area contributed by atoms with Crippen LogP contribution in [0.2, 0.25) is 0 Å². The van der Waals surface area contributed by atoms with Gasteiger partial charge in [0.2, 0.25) is 0 Å². The van der Waals surface area contributed by atoms with E-state index >= 15 is 0 Å². The van der Waals surface area contributed by atoms with Gasteiger partial charge in [0.05, 0.1) is 18.8 Å². The summed E-state index contributed by atoms with van der Waals surface area (Å²) in [5.41, 5.74) is 0.542. The Kier molecular flexibility index (Phi) is 16.6. The molecule has 0 radical (unpaired) electrons. The zero-order valence-corrected chi connectivity index (χ0v) is 21.6. The molecule has 0 aromatic heterocycles. The average Bonchev–Trinajstić information content (AvgIpc) is 2.84. The molecule has 0 fully saturated rings. The highest BCUT2D eigenvalue weighted by atomic mass is 16.5. The molecule has 6 heteroatoms. The van der Waals surface area contributed by atoms with Crippen LogP contribution in [-0.4, -0.2) is 56.3 Å². The summed E-state index contributed by atoms with van der Waals surface area (Å²) >= 11 is 0. The van der Waals surface area contributed by atoms with Crippen LogP contribution in [-0.2, 0) is 14.3 Å². The number of nitrogens with zero attached hydrogens (tertiary/aromatic N) is 1. The Morgan fingerprint density at radius 1 is 0.882 bits per heavy atom. The molecular weight excluding hydrogens is 430 g/mol. The van der Waals surface area contributed by atoms with E-state index in [0.29, 0.717) is 25.4 Å². The number of hydrogen-bond donors (Lipinski definition) is 0. The standard InChI is InChI=1S/C28H45NO5/c1-5-12-24(4)17-19-29(18-6-2)20-23-34-28(31)25-13-15-26(16-14-25)32-21-10-8-9-11-22-33-27(30)7-3/h7,13-16,24H,3,5-6,8-12,17-23H2,1-2,4H3. The fourth-order valence-corrected chi connectivity index (χ4v) is 3.71. The Balaban J connectivity index is 2.23. The van der Waals surface area contributed by atoms with Gasteiger partial charge < -0.3 is 14.2 Å². The molecule has 0 spiro atoms. The van der Waals surface area contributed by atoms with E-state index in [1.165, 1.54) is 25.3 Å². The number of carbonyl (C=O) groups is 2. The van der Waals surface area contributed by atoms with Crippen LogP contribution in [0.1, 0.15) is 82.5 Å². The lowest BCUT2D eigenvalue weighted by Crippen LogP contribution is -2.31. The number of esters is 2. The molecule has 1 atom stereocenters. The molecule has 0 saturated carbocycles. The van der Waals surface area contributed by atoms with Crippen molar-refractivity contribution in [2.45, 2.75) is 72.1 Å². The van der Waals surface area contributed by atoms with Crippen LogP contribution in [0.3, 0.4) is 0 Å². The van der Waals surface area contributed by atoms with Crippen molar-refractivity contribution in [2.24, 2.45) is 5.92 Å². The zero-order valence-electron chi connectivity index (χ0n) is 21.6. The van der Waals surface area contributed by atoms with Crippen molar-refractivity contribution in [3.8, 4) is 5.75 Å². The highest BCUT2D eigenvalue weighted by Gasteiger charge is 2.11. The van der Waals surface area contributed by atoms with Crippen LogP contribution in [0, 0.1) is 5.92 Å². The summed E-state index contributed by atoms with van der Waals surface area (Å²) in [6.07, 6.45) is 9.70. The Morgan fingerprint density at radius 3 is 2.24 bits per heavy atom. The van der Waals surface area contributed by atoms with Crippen LogP contribution < -0.4 is 4.74 Å². The maximum absolute atomic E-state index is 12.4. The lowest BCUT2D eigenvalue weighted by Gasteiger charge is -2.23. The number of rotatable bonds is 20. The molecule has 0 aliphatic carbocycles. The lowest BCUT2D eigenvalue weighted by molar-refractivity contribution is -0.137. The molecule has 34 heavy (non-hydrogen) atoms. The molecule has 0 aliphatic heterocycles. The summed E-state index contributed by atoms with van der Waals surface area (Å²) in [5.74, 6) is 0.814. The molecular formula is C28H45NO5. The molecule has 1 unspecified atom stereocenters. The van der Waals surface area contributed by atoms with E-state index in [1.54, 1.807) is 12.1 Å². The van der Waals surface area contributed by atoms with Crippen molar-refractivity contribution >= 4 is 11.9 Å². The molecule has 0 heterocycles. The van der Waals surface area contributed by atoms with Crippen LogP contribution in [0.4, 0.5) is 0 Å². The van der Waals surface area contributed by atoms with E-state index in [1.807, 2.05) is 12.1 Å². The highest BCUT2D eigenvalue weighted by molar-refractivity contribution is 5.89. The van der Waals surface area contributed by atoms with E-state index in [-0.39, 0.29) is 11.9 Å². The number of carbonyl (C=O) groups excluding carboxylic acids is 2. The fourth-order valence-electron chi connectivity index (χ4n) is 3.71. The van der Waals surface area contributed by atoms with Crippen molar-refractivity contribution in [1.29, 1.82) is 0 Å². The first-order chi connectivity index (χ1) is 16.5. The van der Waals surface area contributed by atoms with Crippen LogP contribution >= 0.6 is 0 Å². The third-order valence-corrected chi connectivity index (χ3v) is 5.71. The van der Waals surface area contributed by atoms with Gasteiger partial charge >= 0.3 is 11.9 Å². The minimum Gasteiger partial charge on any atom is -0.494 e. The predicted octanol–water partition coefficient (Wildman–Crippen LogP) is 6.05. The van der Waals surface area contributed by atoms with Crippen LogP contribution in [0.15, 0.2) is 36.9 Å². The maximum Gasteiger partial charge on any atom is 0.338 e. The zero-order chi connectivity index (χ0) is 25.0. The molecule has 0 aliphatic rings. The number of benzene rings is 1. The summed E-state index contributed by atoms with van der Waals surface area (Å²) < 4.78 is 16.2. The molecule has 0 amide bonds. The van der Waals surface area contributed by atoms with E-state index in [4.69, 9.17) is 14.2 Å². The minimum atomic E-state index is -0.374. The third-order valence-electron chi connectivity index (χ3n) is 5.71. The van der Waals surface area contributed by atoms with Crippen molar-refractivity contribution in [3.63, 3.8) is 0 Å². The second-order valence-corrected chi connectivity index (χ2v) is 8.82. The minimum absolute atomic E-state index is 0.292. The van der Waals surface area contributed by atoms with Gasteiger partial charge in [0.25, 0.3) is 0 Å². The quantitative estimate of drug-likeness (QED) is 0.130. The topological polar surface area (TPSA) is 65.1 Å². The average molecular weight is 476 g/mol. The van der Waals surface area contributed by atoms with Gasteiger partial charge in [-0.25, -0.2) is 9.59 Å². The van der Waals surface area contributed by atoms with Gasteiger partial charge in [-0.1, -0.05) is 40.2 Å². The molecule has 6 nitrogen and oxygen atoms in total. The first-order valence-electron chi connectivity index (χ1n) is 12.9. The van der Waals surface area contributed by atoms with Gasteiger partial charge in [0.1, 0.15) is 12.4 Å². The van der Waals surface area contributed by atoms with Gasteiger partial charge in [0, 0.05) is 12.6 Å². The number of ether oxygens (including phenoxy) is 3. The smallest absolute Gasteiger partial charge is 0.338 e. The summed E-state index contributed by atoms with van der Waals surface area (Å²) in [6.45, 7) is 14.4. The Labute approximate surface area is 206 Å². The van der Waals surface area contributed by atoms with Gasteiger partial charge in [0.15, 0.2) is 0 Å². The summed E-state index contributed by atoms with van der Waals surface area (Å²) in [6, 6.07) is 7.12. The molecule has 1 aromatic rings. The Hall–Kier alpha value is -2.34. The first-order valence-corrected chi connectivity index (χ1v) is 12.9.